The third kappa shape index (κ3) is 18.8. The van der Waals surface area contributed by atoms with Gasteiger partial charge in [-0.1, -0.05) is 98.8 Å². The van der Waals surface area contributed by atoms with Crippen LogP contribution in [0.25, 0.3) is 21.5 Å². The Bertz CT molecular complexity index is 3730. The number of nitrogens with two attached hydrogens (primary N) is 5. The smallest absolute Gasteiger partial charge is 0.305 e. The highest BCUT2D eigenvalue weighted by Crippen LogP contribution is 2.51. The van der Waals surface area contributed by atoms with Crippen molar-refractivity contribution in [2.45, 2.75) is 108 Å². The average Bonchev–Trinajstić information content (AvgIpc) is 1.58. The first kappa shape index (κ1) is 70.2. The van der Waals surface area contributed by atoms with Crippen molar-refractivity contribution < 1.29 is 67.8 Å². The molecule has 4 aromatic carbocycles. The van der Waals surface area contributed by atoms with Gasteiger partial charge in [-0.2, -0.15) is 4.58 Å². The standard InChI is InChI=1S/C64H79N15O13/c1-63(2)47(78(31-28-52(83)84)45-26-24-37-16-10-12-18-39(37)55(45)63)22-8-6-5-7-9-23-48-64(3,4)56-40-19-13-11-17-38(40)25-27-46(56)79(48)36-51(82)74-41(20-14-29-70-61(66)67)58(90)72-35-50(81)76-44(33-54(87)88)60(92)77-42(21-15-30-71-62(68)69)59(91)73-34-49(80)75-43(57(65)89)32-53(85)86/h5-13,16-19,22-27,41-44H,14-15,20-21,28-36H2,1-4H3,(H18-,65,66,67,68,69,70,71,72,73,74,75,76,77,80,81,82,83,84,85,86,87,88,89,90,91,92)/p+1/t41-,42-,43+,44+/m0/s1. The van der Waals surface area contributed by atoms with Crippen molar-refractivity contribution in [2.24, 2.45) is 38.7 Å². The van der Waals surface area contributed by atoms with E-state index in [2.05, 4.69) is 92.7 Å². The molecule has 2 aliphatic rings. The van der Waals surface area contributed by atoms with Crippen molar-refractivity contribution in [2.75, 3.05) is 44.2 Å². The number of carbonyl (C=O) groups is 10. The van der Waals surface area contributed by atoms with E-state index >= 15 is 0 Å². The first-order valence-electron chi connectivity index (χ1n) is 29.6. The molecule has 0 radical (unpaired) electrons. The van der Waals surface area contributed by atoms with Crippen molar-refractivity contribution in [3.05, 3.63) is 132 Å². The molecule has 2 aliphatic heterocycles. The number of aliphatic imine (C=N–C) groups is 2. The van der Waals surface area contributed by atoms with Gasteiger partial charge in [-0.15, -0.1) is 0 Å². The van der Waals surface area contributed by atoms with Gasteiger partial charge in [0.15, 0.2) is 17.6 Å². The molecule has 0 aromatic heterocycles. The van der Waals surface area contributed by atoms with E-state index in [1.807, 2.05) is 102 Å². The number of hydrogen-bond donors (Lipinski definition) is 14. The van der Waals surface area contributed by atoms with Crippen molar-refractivity contribution in [1.82, 2.24) is 31.9 Å². The van der Waals surface area contributed by atoms with Crippen LogP contribution in [-0.2, 0) is 58.8 Å². The highest BCUT2D eigenvalue weighted by Gasteiger charge is 2.47. The molecule has 0 spiro atoms. The summed E-state index contributed by atoms with van der Waals surface area (Å²) >= 11 is 0. The van der Waals surface area contributed by atoms with Crippen LogP contribution in [0.1, 0.15) is 83.8 Å². The summed E-state index contributed by atoms with van der Waals surface area (Å²) in [5.41, 5.74) is 31.5. The van der Waals surface area contributed by atoms with Gasteiger partial charge in [0.25, 0.3) is 5.91 Å². The minimum Gasteiger partial charge on any atom is -0.481 e. The van der Waals surface area contributed by atoms with E-state index in [1.54, 1.807) is 0 Å². The summed E-state index contributed by atoms with van der Waals surface area (Å²) in [4.78, 5) is 138. The number of nitrogens with zero attached hydrogens (tertiary/aromatic N) is 4. The fourth-order valence-corrected chi connectivity index (χ4v) is 11.2. The molecule has 0 saturated carbocycles. The number of aliphatic carboxylic acids is 3. The van der Waals surface area contributed by atoms with E-state index in [0.29, 0.717) is 0 Å². The second-order valence-corrected chi connectivity index (χ2v) is 22.9. The van der Waals surface area contributed by atoms with Crippen molar-refractivity contribution in [1.29, 1.82) is 0 Å². The number of amides is 7. The normalized spacial score (nSPS) is 15.5. The molecule has 19 N–H and O–H groups in total. The maximum atomic E-state index is 14.4. The zero-order valence-corrected chi connectivity index (χ0v) is 51.6. The van der Waals surface area contributed by atoms with Gasteiger partial charge < -0.3 is 80.8 Å². The number of nitrogens with one attached hydrogen (secondary N) is 6. The Kier molecular flexibility index (Phi) is 24.4. The van der Waals surface area contributed by atoms with Crippen LogP contribution in [0, 0.1) is 0 Å². The predicted octanol–water partition coefficient (Wildman–Crippen LogP) is 0.908. The quantitative estimate of drug-likeness (QED) is 0.0104. The molecule has 0 fully saturated rings. The Balaban J connectivity index is 1.19. The molecule has 7 amide bonds. The summed E-state index contributed by atoms with van der Waals surface area (Å²) in [5.74, 6) is -11.2. The van der Waals surface area contributed by atoms with Gasteiger partial charge in [0.2, 0.25) is 47.7 Å². The fourth-order valence-electron chi connectivity index (χ4n) is 11.2. The van der Waals surface area contributed by atoms with Gasteiger partial charge in [0.1, 0.15) is 24.2 Å². The van der Waals surface area contributed by atoms with Crippen LogP contribution in [0.5, 0.6) is 0 Å². The van der Waals surface area contributed by atoms with Crippen LogP contribution >= 0.6 is 0 Å². The van der Waals surface area contributed by atoms with Gasteiger partial charge in [0, 0.05) is 54.1 Å². The SMILES string of the molecule is CC1(C)C(/C=C/C=C/C=C/C=C2/N(CCC(=O)O)c3ccc4ccccc4c3C2(C)C)=[N+](CC(=O)N[C@@H](CCCN=C(N)N)C(=O)NCC(=O)N[C@H](CC(=O)O)C(=O)N[C@@H](CCCN=C(N)N)C(=O)NCC(=O)N[C@H](CC(=O)O)C(N)=O)c2ccc3ccccc3c21. The second-order valence-electron chi connectivity index (χ2n) is 22.9. The summed E-state index contributed by atoms with van der Waals surface area (Å²) in [7, 11) is 0. The molecular formula is C64H80N15O13+. The summed E-state index contributed by atoms with van der Waals surface area (Å²) in [6, 6.07) is 17.8. The lowest BCUT2D eigenvalue weighted by Crippen LogP contribution is -2.56. The monoisotopic (exact) mass is 1270 g/mol. The summed E-state index contributed by atoms with van der Waals surface area (Å²) in [5, 5.41) is 46.8. The van der Waals surface area contributed by atoms with Crippen LogP contribution in [0.3, 0.4) is 0 Å². The molecule has 0 unspecified atom stereocenters. The lowest BCUT2D eigenvalue weighted by atomic mass is 9.79. The number of guanidine groups is 2. The third-order valence-electron chi connectivity index (χ3n) is 15.4. The van der Waals surface area contributed by atoms with Crippen molar-refractivity contribution in [3.63, 3.8) is 0 Å². The number of primary amides is 1. The highest BCUT2D eigenvalue weighted by molar-refractivity contribution is 6.08. The number of fused-ring (bicyclic) bond motifs is 6. The van der Waals surface area contributed by atoms with Crippen LogP contribution in [-0.4, -0.2) is 160 Å². The second kappa shape index (κ2) is 32.0. The van der Waals surface area contributed by atoms with Crippen molar-refractivity contribution in [3.8, 4) is 0 Å². The number of carboxylic acid groups (broad SMARTS) is 3. The van der Waals surface area contributed by atoms with Gasteiger partial charge >= 0.3 is 17.9 Å². The average molecular weight is 1270 g/mol. The van der Waals surface area contributed by atoms with E-state index in [1.165, 1.54) is 0 Å². The Labute approximate surface area is 530 Å². The topological polar surface area (TPSA) is 465 Å². The molecule has 28 nitrogen and oxygen atoms in total. The Morgan fingerprint density at radius 2 is 1.05 bits per heavy atom. The summed E-state index contributed by atoms with van der Waals surface area (Å²) in [6.45, 7) is 6.78. The minimum atomic E-state index is -1.84. The maximum absolute atomic E-state index is 14.4. The first-order chi connectivity index (χ1) is 43.6. The van der Waals surface area contributed by atoms with Crippen LogP contribution < -0.4 is 65.5 Å². The van der Waals surface area contributed by atoms with Gasteiger partial charge in [0.05, 0.1) is 37.8 Å². The minimum absolute atomic E-state index is 0.0255. The predicted molar refractivity (Wildman–Crippen MR) is 346 cm³/mol. The lowest BCUT2D eigenvalue weighted by molar-refractivity contribution is -0.425. The first-order valence-corrected chi connectivity index (χ1v) is 29.6. The Morgan fingerprint density at radius 1 is 0.554 bits per heavy atom. The zero-order valence-electron chi connectivity index (χ0n) is 51.6. The highest BCUT2D eigenvalue weighted by atomic mass is 16.4. The molecule has 2 heterocycles. The van der Waals surface area contributed by atoms with E-state index in [4.69, 9.17) is 33.8 Å². The fraction of sp³-hybridized carbons (Fsp3) is 0.359. The molecule has 6 rings (SSSR count). The van der Waals surface area contributed by atoms with Gasteiger partial charge in [-0.25, -0.2) is 0 Å². The molecule has 488 valence electrons. The number of carboxylic acids is 3. The van der Waals surface area contributed by atoms with E-state index < -0.39 is 120 Å². The lowest BCUT2D eigenvalue weighted by Gasteiger charge is -2.26. The van der Waals surface area contributed by atoms with Crippen LogP contribution in [0.4, 0.5) is 11.4 Å². The zero-order chi connectivity index (χ0) is 67.5. The molecule has 0 aliphatic carbocycles. The Morgan fingerprint density at radius 3 is 1.61 bits per heavy atom. The van der Waals surface area contributed by atoms with Gasteiger partial charge in [-0.3, -0.25) is 57.9 Å². The molecule has 28 heteroatoms. The third-order valence-corrected chi connectivity index (χ3v) is 15.4. The molecule has 92 heavy (non-hydrogen) atoms. The number of rotatable bonds is 33. The van der Waals surface area contributed by atoms with Crippen molar-refractivity contribution >= 4 is 110 Å². The number of hydrogen-bond acceptors (Lipinski definition) is 13. The number of carbonyl (C=O) groups excluding carboxylic acids is 7. The number of allylic oxidation sites excluding steroid dienone is 8. The molecule has 4 atom stereocenters. The summed E-state index contributed by atoms with van der Waals surface area (Å²) < 4.78 is 1.87. The molecular weight excluding hydrogens is 1190 g/mol. The van der Waals surface area contributed by atoms with Gasteiger partial charge in [-0.05, 0) is 84.8 Å². The summed E-state index contributed by atoms with van der Waals surface area (Å²) in [6.07, 6.45) is 11.4. The van der Waals surface area contributed by atoms with Crippen LogP contribution in [0.15, 0.2) is 131 Å². The number of anilines is 1. The Hall–Kier alpha value is -10.9. The van der Waals surface area contributed by atoms with E-state index in [0.717, 1.165) is 55.5 Å². The van der Waals surface area contributed by atoms with E-state index in [-0.39, 0.29) is 70.2 Å². The largest absolute Gasteiger partial charge is 0.481 e. The molecule has 0 bridgehead atoms. The molecule has 4 aromatic rings. The number of benzene rings is 4. The maximum Gasteiger partial charge on any atom is 0.305 e. The van der Waals surface area contributed by atoms with E-state index in [9.17, 15) is 58.2 Å². The molecule has 0 saturated heterocycles. The van der Waals surface area contributed by atoms with Crippen LogP contribution in [0.2, 0.25) is 0 Å².